The molecule has 1 aliphatic rings. The van der Waals surface area contributed by atoms with Gasteiger partial charge in [0.05, 0.1) is 13.2 Å². The molecule has 0 aromatic heterocycles. The molecule has 1 saturated heterocycles. The zero-order chi connectivity index (χ0) is 16.7. The first-order valence-electron chi connectivity index (χ1n) is 8.54. The van der Waals surface area contributed by atoms with Crippen molar-refractivity contribution in [3.8, 4) is 11.5 Å². The summed E-state index contributed by atoms with van der Waals surface area (Å²) in [5, 5.41) is 3.29. The predicted octanol–water partition coefficient (Wildman–Crippen LogP) is 3.12. The van der Waals surface area contributed by atoms with Gasteiger partial charge in [0.15, 0.2) is 11.5 Å². The van der Waals surface area contributed by atoms with Crippen LogP contribution in [0.25, 0.3) is 0 Å². The molecule has 1 heterocycles. The number of hydrogen-bond donors (Lipinski definition) is 1. The third kappa shape index (κ3) is 5.28. The van der Waals surface area contributed by atoms with Crippen molar-refractivity contribution in [2.75, 3.05) is 33.4 Å². The number of carbonyl (C=O) groups is 1. The Morgan fingerprint density at radius 2 is 1.88 bits per heavy atom. The first-order valence-corrected chi connectivity index (χ1v) is 8.54. The molecule has 1 fully saturated rings. The Labute approximate surface area is 151 Å². The van der Waals surface area contributed by atoms with Crippen molar-refractivity contribution in [1.82, 2.24) is 10.2 Å². The lowest BCUT2D eigenvalue weighted by atomic mass is 10.1. The van der Waals surface area contributed by atoms with E-state index in [0.717, 1.165) is 32.4 Å². The molecule has 1 N–H and O–H groups in total. The molecular formula is C18H29ClN2O3. The zero-order valence-corrected chi connectivity index (χ0v) is 15.7. The summed E-state index contributed by atoms with van der Waals surface area (Å²) in [6, 6.07) is 5.74. The van der Waals surface area contributed by atoms with Crippen molar-refractivity contribution in [2.24, 2.45) is 0 Å². The minimum Gasteiger partial charge on any atom is -0.490 e. The molecule has 2 rings (SSSR count). The lowest BCUT2D eigenvalue weighted by Crippen LogP contribution is -2.38. The Kier molecular flexibility index (Phi) is 8.93. The summed E-state index contributed by atoms with van der Waals surface area (Å²) < 4.78 is 11.5. The maximum Gasteiger partial charge on any atom is 0.254 e. The van der Waals surface area contributed by atoms with Gasteiger partial charge < -0.3 is 19.7 Å². The van der Waals surface area contributed by atoms with Crippen LogP contribution in [0.3, 0.4) is 0 Å². The van der Waals surface area contributed by atoms with Crippen molar-refractivity contribution < 1.29 is 14.3 Å². The van der Waals surface area contributed by atoms with E-state index in [1.165, 1.54) is 0 Å². The van der Waals surface area contributed by atoms with E-state index in [0.29, 0.717) is 30.3 Å². The fraction of sp³-hybridized carbons (Fsp3) is 0.611. The van der Waals surface area contributed by atoms with Gasteiger partial charge in [0, 0.05) is 25.2 Å². The molecule has 1 aliphatic heterocycles. The van der Waals surface area contributed by atoms with Crippen molar-refractivity contribution in [2.45, 2.75) is 39.2 Å². The van der Waals surface area contributed by atoms with Crippen molar-refractivity contribution >= 4 is 18.3 Å². The maximum atomic E-state index is 12.7. The van der Waals surface area contributed by atoms with Crippen LogP contribution in [0.5, 0.6) is 11.5 Å². The van der Waals surface area contributed by atoms with E-state index in [4.69, 9.17) is 9.47 Å². The standard InChI is InChI=1S/C18H28N2O3.ClH/c1-4-10-22-16-7-6-14(12-17(16)23-11-5-2)18(21)20(3)15-8-9-19-13-15;/h6-7,12,15,19H,4-5,8-11,13H2,1-3H3;1H. The highest BCUT2D eigenvalue weighted by Gasteiger charge is 2.24. The number of ether oxygens (including phenoxy) is 2. The third-order valence-electron chi connectivity index (χ3n) is 4.02. The summed E-state index contributed by atoms with van der Waals surface area (Å²) >= 11 is 0. The van der Waals surface area contributed by atoms with E-state index in [9.17, 15) is 4.79 Å². The Morgan fingerprint density at radius 1 is 1.21 bits per heavy atom. The Hall–Kier alpha value is -1.46. The van der Waals surface area contributed by atoms with Gasteiger partial charge in [0.25, 0.3) is 5.91 Å². The summed E-state index contributed by atoms with van der Waals surface area (Å²) in [5.74, 6) is 1.40. The van der Waals surface area contributed by atoms with E-state index >= 15 is 0 Å². The molecule has 1 unspecified atom stereocenters. The average Bonchev–Trinajstić information content (AvgIpc) is 3.11. The molecule has 1 aromatic rings. The normalized spacial score (nSPS) is 16.4. The van der Waals surface area contributed by atoms with Crippen LogP contribution in [-0.2, 0) is 0 Å². The number of carbonyl (C=O) groups excluding carboxylic acids is 1. The van der Waals surface area contributed by atoms with Crippen LogP contribution in [0.1, 0.15) is 43.5 Å². The van der Waals surface area contributed by atoms with Gasteiger partial charge in [0.2, 0.25) is 0 Å². The second kappa shape index (κ2) is 10.4. The van der Waals surface area contributed by atoms with Crippen LogP contribution >= 0.6 is 12.4 Å². The summed E-state index contributed by atoms with van der Waals surface area (Å²) in [6.45, 7) is 7.21. The minimum atomic E-state index is 0. The van der Waals surface area contributed by atoms with Crippen LogP contribution in [-0.4, -0.2) is 50.2 Å². The lowest BCUT2D eigenvalue weighted by molar-refractivity contribution is 0.0743. The molecule has 0 spiro atoms. The minimum absolute atomic E-state index is 0. The highest BCUT2D eigenvalue weighted by atomic mass is 35.5. The van der Waals surface area contributed by atoms with Gasteiger partial charge in [-0.3, -0.25) is 4.79 Å². The second-order valence-electron chi connectivity index (χ2n) is 5.92. The van der Waals surface area contributed by atoms with E-state index in [-0.39, 0.29) is 24.4 Å². The summed E-state index contributed by atoms with van der Waals surface area (Å²) in [7, 11) is 1.87. The second-order valence-corrected chi connectivity index (χ2v) is 5.92. The highest BCUT2D eigenvalue weighted by molar-refractivity contribution is 5.95. The predicted molar refractivity (Wildman–Crippen MR) is 98.6 cm³/mol. The number of nitrogens with one attached hydrogen (secondary N) is 1. The highest BCUT2D eigenvalue weighted by Crippen LogP contribution is 2.29. The summed E-state index contributed by atoms with van der Waals surface area (Å²) in [5.41, 5.74) is 0.648. The molecule has 5 nitrogen and oxygen atoms in total. The first-order chi connectivity index (χ1) is 11.2. The van der Waals surface area contributed by atoms with E-state index < -0.39 is 0 Å². The van der Waals surface area contributed by atoms with Crippen LogP contribution in [0.2, 0.25) is 0 Å². The molecule has 0 radical (unpaired) electrons. The number of likely N-dealkylation sites (N-methyl/N-ethyl adjacent to an activating group) is 1. The number of hydrogen-bond acceptors (Lipinski definition) is 4. The number of rotatable bonds is 8. The molecule has 0 saturated carbocycles. The molecule has 24 heavy (non-hydrogen) atoms. The molecule has 0 bridgehead atoms. The maximum absolute atomic E-state index is 12.7. The molecule has 0 aliphatic carbocycles. The Balaban J connectivity index is 0.00000288. The largest absolute Gasteiger partial charge is 0.490 e. The molecule has 136 valence electrons. The van der Waals surface area contributed by atoms with Crippen molar-refractivity contribution in [3.05, 3.63) is 23.8 Å². The smallest absolute Gasteiger partial charge is 0.254 e. The summed E-state index contributed by atoms with van der Waals surface area (Å²) in [6.07, 6.45) is 2.85. The van der Waals surface area contributed by atoms with Gasteiger partial charge in [0.1, 0.15) is 0 Å². The van der Waals surface area contributed by atoms with Gasteiger partial charge in [-0.2, -0.15) is 0 Å². The quantitative estimate of drug-likeness (QED) is 0.777. The van der Waals surface area contributed by atoms with Crippen LogP contribution < -0.4 is 14.8 Å². The van der Waals surface area contributed by atoms with Crippen LogP contribution in [0.4, 0.5) is 0 Å². The zero-order valence-electron chi connectivity index (χ0n) is 14.8. The van der Waals surface area contributed by atoms with E-state index in [2.05, 4.69) is 19.2 Å². The van der Waals surface area contributed by atoms with Gasteiger partial charge in [-0.05, 0) is 44.0 Å². The molecule has 1 amide bonds. The number of benzene rings is 1. The van der Waals surface area contributed by atoms with Gasteiger partial charge >= 0.3 is 0 Å². The van der Waals surface area contributed by atoms with Crippen molar-refractivity contribution in [1.29, 1.82) is 0 Å². The van der Waals surface area contributed by atoms with Crippen molar-refractivity contribution in [3.63, 3.8) is 0 Å². The van der Waals surface area contributed by atoms with E-state index in [1.54, 1.807) is 0 Å². The molecular weight excluding hydrogens is 328 g/mol. The number of halogens is 1. The summed E-state index contributed by atoms with van der Waals surface area (Å²) in [4.78, 5) is 14.5. The molecule has 1 atom stereocenters. The third-order valence-corrected chi connectivity index (χ3v) is 4.02. The fourth-order valence-corrected chi connectivity index (χ4v) is 2.64. The van der Waals surface area contributed by atoms with Crippen LogP contribution in [0, 0.1) is 0 Å². The fourth-order valence-electron chi connectivity index (χ4n) is 2.64. The van der Waals surface area contributed by atoms with Gasteiger partial charge in [-0.15, -0.1) is 12.4 Å². The van der Waals surface area contributed by atoms with E-state index in [1.807, 2.05) is 30.1 Å². The van der Waals surface area contributed by atoms with Gasteiger partial charge in [-0.25, -0.2) is 0 Å². The molecule has 6 heteroatoms. The average molecular weight is 357 g/mol. The SMILES string of the molecule is CCCOc1ccc(C(=O)N(C)C2CCNC2)cc1OCCC.Cl. The first kappa shape index (κ1) is 20.6. The Bertz CT molecular complexity index is 519. The number of nitrogens with zero attached hydrogens (tertiary/aromatic N) is 1. The van der Waals surface area contributed by atoms with Crippen LogP contribution in [0.15, 0.2) is 18.2 Å². The molecule has 1 aromatic carbocycles. The number of amides is 1. The topological polar surface area (TPSA) is 50.8 Å². The van der Waals surface area contributed by atoms with Gasteiger partial charge in [-0.1, -0.05) is 13.8 Å². The Morgan fingerprint density at radius 3 is 2.46 bits per heavy atom. The lowest BCUT2D eigenvalue weighted by Gasteiger charge is -2.24. The monoisotopic (exact) mass is 356 g/mol.